The molecule has 2 aliphatic rings. The molecule has 0 unspecified atom stereocenters. The zero-order valence-electron chi connectivity index (χ0n) is 14.9. The third kappa shape index (κ3) is 5.48. The minimum atomic E-state index is -0.164. The summed E-state index contributed by atoms with van der Waals surface area (Å²) in [5.41, 5.74) is 1.45. The summed E-state index contributed by atoms with van der Waals surface area (Å²) in [6.07, 6.45) is 11.2. The summed E-state index contributed by atoms with van der Waals surface area (Å²) >= 11 is 0. The third-order valence-corrected chi connectivity index (χ3v) is 5.30. The molecule has 0 atom stereocenters. The lowest BCUT2D eigenvalue weighted by Gasteiger charge is -2.23. The Morgan fingerprint density at radius 2 is 1.40 bits per heavy atom. The molecule has 0 radical (unpaired) electrons. The van der Waals surface area contributed by atoms with Crippen molar-refractivity contribution in [3.8, 4) is 0 Å². The number of nitrogens with one attached hydrogen (secondary N) is 3. The molecule has 1 aromatic rings. The van der Waals surface area contributed by atoms with E-state index in [0.717, 1.165) is 44.2 Å². The van der Waals surface area contributed by atoms with Gasteiger partial charge in [-0.3, -0.25) is 4.79 Å². The highest BCUT2D eigenvalue weighted by atomic mass is 16.2. The van der Waals surface area contributed by atoms with Crippen molar-refractivity contribution in [1.29, 1.82) is 0 Å². The number of hydrogen-bond donors (Lipinski definition) is 3. The summed E-state index contributed by atoms with van der Waals surface area (Å²) in [4.78, 5) is 24.5. The van der Waals surface area contributed by atoms with Gasteiger partial charge in [0.2, 0.25) is 5.91 Å². The third-order valence-electron chi connectivity index (χ3n) is 5.30. The fourth-order valence-corrected chi connectivity index (χ4v) is 3.88. The van der Waals surface area contributed by atoms with Gasteiger partial charge in [-0.15, -0.1) is 0 Å². The van der Waals surface area contributed by atoms with Crippen LogP contribution in [0.5, 0.6) is 0 Å². The predicted octanol–water partition coefficient (Wildman–Crippen LogP) is 4.66. The number of carbonyl (C=O) groups is 2. The van der Waals surface area contributed by atoms with Gasteiger partial charge in [-0.2, -0.15) is 0 Å². The quantitative estimate of drug-likeness (QED) is 0.744. The number of carbonyl (C=O) groups excluding carboxylic acids is 2. The molecule has 3 N–H and O–H groups in total. The Hall–Kier alpha value is -2.04. The summed E-state index contributed by atoms with van der Waals surface area (Å²) in [6, 6.07) is 7.50. The number of benzene rings is 1. The van der Waals surface area contributed by atoms with Crippen molar-refractivity contribution in [3.63, 3.8) is 0 Å². The lowest BCUT2D eigenvalue weighted by molar-refractivity contribution is -0.120. The van der Waals surface area contributed by atoms with Crippen LogP contribution >= 0.6 is 0 Å². The Balaban J connectivity index is 1.51. The fourth-order valence-electron chi connectivity index (χ4n) is 3.88. The van der Waals surface area contributed by atoms with Crippen LogP contribution in [0.1, 0.15) is 64.2 Å². The lowest BCUT2D eigenvalue weighted by Crippen LogP contribution is -2.39. The summed E-state index contributed by atoms with van der Waals surface area (Å²) in [5, 5.41) is 8.92. The van der Waals surface area contributed by atoms with Gasteiger partial charge in [0, 0.05) is 23.3 Å². The highest BCUT2D eigenvalue weighted by molar-refractivity contribution is 5.94. The first-order valence-electron chi connectivity index (χ1n) is 9.69. The van der Waals surface area contributed by atoms with Crippen molar-refractivity contribution in [1.82, 2.24) is 5.32 Å². The summed E-state index contributed by atoms with van der Waals surface area (Å²) in [5.74, 6) is 0.225. The number of hydrogen-bond acceptors (Lipinski definition) is 2. The number of urea groups is 1. The van der Waals surface area contributed by atoms with Gasteiger partial charge in [-0.1, -0.05) is 44.6 Å². The Bertz CT molecular complexity index is 590. The van der Waals surface area contributed by atoms with Crippen molar-refractivity contribution in [2.75, 3.05) is 10.6 Å². The Morgan fingerprint density at radius 3 is 2.08 bits per heavy atom. The first-order valence-corrected chi connectivity index (χ1v) is 9.69. The first-order chi connectivity index (χ1) is 12.2. The number of anilines is 2. The van der Waals surface area contributed by atoms with E-state index >= 15 is 0 Å². The van der Waals surface area contributed by atoms with Crippen molar-refractivity contribution >= 4 is 23.3 Å². The molecule has 2 fully saturated rings. The highest BCUT2D eigenvalue weighted by Crippen LogP contribution is 2.25. The second-order valence-corrected chi connectivity index (χ2v) is 7.34. The molecule has 0 heterocycles. The Morgan fingerprint density at radius 1 is 0.800 bits per heavy atom. The van der Waals surface area contributed by atoms with Crippen molar-refractivity contribution in [2.45, 2.75) is 70.3 Å². The van der Waals surface area contributed by atoms with Gasteiger partial charge in [0.1, 0.15) is 0 Å². The molecule has 5 nitrogen and oxygen atoms in total. The molecule has 2 aliphatic carbocycles. The van der Waals surface area contributed by atoms with Gasteiger partial charge < -0.3 is 16.0 Å². The van der Waals surface area contributed by atoms with Crippen LogP contribution in [-0.2, 0) is 4.79 Å². The average molecular weight is 343 g/mol. The average Bonchev–Trinajstić information content (AvgIpc) is 2.63. The maximum Gasteiger partial charge on any atom is 0.319 e. The second-order valence-electron chi connectivity index (χ2n) is 7.34. The fraction of sp³-hybridized carbons (Fsp3) is 0.600. The smallest absolute Gasteiger partial charge is 0.319 e. The molecule has 136 valence electrons. The zero-order valence-corrected chi connectivity index (χ0v) is 14.9. The number of amides is 3. The minimum absolute atomic E-state index is 0.100. The summed E-state index contributed by atoms with van der Waals surface area (Å²) in [7, 11) is 0. The lowest BCUT2D eigenvalue weighted by atomic mass is 9.88. The maximum absolute atomic E-state index is 12.4. The molecule has 25 heavy (non-hydrogen) atoms. The van der Waals surface area contributed by atoms with Crippen LogP contribution in [0.3, 0.4) is 0 Å². The van der Waals surface area contributed by atoms with Crippen LogP contribution in [0.25, 0.3) is 0 Å². The molecule has 5 heteroatoms. The first kappa shape index (κ1) is 17.8. The largest absolute Gasteiger partial charge is 0.335 e. The molecule has 0 bridgehead atoms. The van der Waals surface area contributed by atoms with Gasteiger partial charge >= 0.3 is 6.03 Å². The van der Waals surface area contributed by atoms with Crippen molar-refractivity contribution < 1.29 is 9.59 Å². The second kappa shape index (κ2) is 8.88. The molecular formula is C20H29N3O2. The van der Waals surface area contributed by atoms with Crippen molar-refractivity contribution in [2.24, 2.45) is 5.92 Å². The summed E-state index contributed by atoms with van der Waals surface area (Å²) in [6.45, 7) is 0. The zero-order chi connectivity index (χ0) is 17.5. The van der Waals surface area contributed by atoms with E-state index in [1.807, 2.05) is 24.3 Å². The SMILES string of the molecule is O=C(Nc1cccc(NC(=O)C2CCCCC2)c1)NC1CCCCC1. The molecule has 0 spiro atoms. The molecule has 1 aromatic carbocycles. The van der Waals surface area contributed by atoms with E-state index in [9.17, 15) is 9.59 Å². The normalized spacial score (nSPS) is 19.2. The molecular weight excluding hydrogens is 314 g/mol. The highest BCUT2D eigenvalue weighted by Gasteiger charge is 2.21. The van der Waals surface area contributed by atoms with Crippen LogP contribution in [-0.4, -0.2) is 18.0 Å². The van der Waals surface area contributed by atoms with Gasteiger partial charge in [-0.05, 0) is 43.9 Å². The van der Waals surface area contributed by atoms with Gasteiger partial charge in [0.25, 0.3) is 0 Å². The van der Waals surface area contributed by atoms with Crippen LogP contribution < -0.4 is 16.0 Å². The van der Waals surface area contributed by atoms with Gasteiger partial charge in [0.15, 0.2) is 0 Å². The van der Waals surface area contributed by atoms with E-state index in [1.165, 1.54) is 25.7 Å². The standard InChI is InChI=1S/C20H29N3O2/c24-19(15-8-3-1-4-9-15)21-17-12-7-13-18(14-17)23-20(25)22-16-10-5-2-6-11-16/h7,12-16H,1-6,8-11H2,(H,21,24)(H2,22,23,25). The van der Waals surface area contributed by atoms with E-state index in [0.29, 0.717) is 5.69 Å². The van der Waals surface area contributed by atoms with Gasteiger partial charge in [0.05, 0.1) is 0 Å². The Kier molecular flexibility index (Phi) is 6.31. The van der Waals surface area contributed by atoms with Crippen LogP contribution in [0.4, 0.5) is 16.2 Å². The minimum Gasteiger partial charge on any atom is -0.335 e. The predicted molar refractivity (Wildman–Crippen MR) is 101 cm³/mol. The molecule has 2 saturated carbocycles. The van der Waals surface area contributed by atoms with E-state index < -0.39 is 0 Å². The Labute approximate surface area is 150 Å². The summed E-state index contributed by atoms with van der Waals surface area (Å²) < 4.78 is 0. The van der Waals surface area contributed by atoms with Crippen LogP contribution in [0, 0.1) is 5.92 Å². The van der Waals surface area contributed by atoms with Crippen molar-refractivity contribution in [3.05, 3.63) is 24.3 Å². The molecule has 3 amide bonds. The van der Waals surface area contributed by atoms with E-state index in [1.54, 1.807) is 0 Å². The van der Waals surface area contributed by atoms with E-state index in [4.69, 9.17) is 0 Å². The topological polar surface area (TPSA) is 70.2 Å². The van der Waals surface area contributed by atoms with E-state index in [2.05, 4.69) is 16.0 Å². The monoisotopic (exact) mass is 343 g/mol. The molecule has 0 aromatic heterocycles. The maximum atomic E-state index is 12.4. The van der Waals surface area contributed by atoms with Crippen LogP contribution in [0.2, 0.25) is 0 Å². The van der Waals surface area contributed by atoms with E-state index in [-0.39, 0.29) is 23.9 Å². The molecule has 0 aliphatic heterocycles. The number of rotatable bonds is 4. The van der Waals surface area contributed by atoms with Crippen LogP contribution in [0.15, 0.2) is 24.3 Å². The van der Waals surface area contributed by atoms with Gasteiger partial charge in [-0.25, -0.2) is 4.79 Å². The molecule has 0 saturated heterocycles. The molecule has 3 rings (SSSR count).